The largest absolute Gasteiger partial charge is 0.508 e. The molecule has 1 amide bonds. The monoisotopic (exact) mass is 493 g/mol. The number of hydrogen-bond acceptors (Lipinski definition) is 4. The molecule has 0 spiro atoms. The van der Waals surface area contributed by atoms with Gasteiger partial charge in [-0.05, 0) is 63.6 Å². The fourth-order valence-electron chi connectivity index (χ4n) is 5.01. The third-order valence-corrected chi connectivity index (χ3v) is 6.85. The van der Waals surface area contributed by atoms with Crippen LogP contribution in [0.3, 0.4) is 0 Å². The molecule has 0 aromatic heterocycles. The van der Waals surface area contributed by atoms with E-state index in [-0.39, 0.29) is 24.7 Å². The standard InChI is InChI=1S/C31H27NO5/c1-19-16-22(33)14-15-23(19)21-12-10-20(11-13-21)17-29(30(34)35)32-31(36)37-18-28-26-8-4-2-6-24(26)25-7-3-5-9-27(25)28/h2-16,28-29,33H,17-18H2,1H3,(H,32,36)(H,34,35)/t29-/m0/s1. The number of phenols is 1. The molecule has 0 radical (unpaired) electrons. The predicted octanol–water partition coefficient (Wildman–Crippen LogP) is 5.90. The van der Waals surface area contributed by atoms with Crippen LogP contribution in [0, 0.1) is 6.92 Å². The molecule has 5 rings (SSSR count). The van der Waals surface area contributed by atoms with E-state index >= 15 is 0 Å². The Balaban J connectivity index is 1.23. The Morgan fingerprint density at radius 2 is 1.49 bits per heavy atom. The molecule has 4 aromatic rings. The summed E-state index contributed by atoms with van der Waals surface area (Å²) in [6.45, 7) is 2.04. The first-order valence-corrected chi connectivity index (χ1v) is 12.1. The van der Waals surface area contributed by atoms with E-state index in [4.69, 9.17) is 4.74 Å². The quantitative estimate of drug-likeness (QED) is 0.298. The van der Waals surface area contributed by atoms with E-state index in [9.17, 15) is 19.8 Å². The Hall–Kier alpha value is -4.58. The summed E-state index contributed by atoms with van der Waals surface area (Å²) in [5, 5.41) is 21.9. The van der Waals surface area contributed by atoms with Crippen LogP contribution >= 0.6 is 0 Å². The van der Waals surface area contributed by atoms with Crippen LogP contribution in [0.1, 0.15) is 28.2 Å². The van der Waals surface area contributed by atoms with Gasteiger partial charge < -0.3 is 20.3 Å². The Morgan fingerprint density at radius 1 is 0.865 bits per heavy atom. The summed E-state index contributed by atoms with van der Waals surface area (Å²) in [5.74, 6) is -1.02. The highest BCUT2D eigenvalue weighted by atomic mass is 16.5. The Kier molecular flexibility index (Phi) is 6.64. The van der Waals surface area contributed by atoms with E-state index in [1.165, 1.54) is 0 Å². The van der Waals surface area contributed by atoms with Crippen molar-refractivity contribution in [3.8, 4) is 28.0 Å². The summed E-state index contributed by atoms with van der Waals surface area (Å²) in [6, 6.07) is 27.6. The van der Waals surface area contributed by atoms with Gasteiger partial charge in [-0.1, -0.05) is 78.9 Å². The van der Waals surface area contributed by atoms with Crippen LogP contribution in [-0.2, 0) is 16.0 Å². The Labute approximate surface area is 215 Å². The van der Waals surface area contributed by atoms with Crippen molar-refractivity contribution in [2.45, 2.75) is 25.3 Å². The van der Waals surface area contributed by atoms with Crippen molar-refractivity contribution in [3.63, 3.8) is 0 Å². The van der Waals surface area contributed by atoms with Crippen LogP contribution < -0.4 is 5.32 Å². The minimum Gasteiger partial charge on any atom is -0.508 e. The van der Waals surface area contributed by atoms with Gasteiger partial charge in [-0.3, -0.25) is 0 Å². The molecule has 0 heterocycles. The lowest BCUT2D eigenvalue weighted by Gasteiger charge is -2.18. The van der Waals surface area contributed by atoms with E-state index < -0.39 is 18.1 Å². The molecule has 0 fully saturated rings. The molecule has 186 valence electrons. The maximum absolute atomic E-state index is 12.6. The fraction of sp³-hybridized carbons (Fsp3) is 0.161. The van der Waals surface area contributed by atoms with Gasteiger partial charge >= 0.3 is 12.1 Å². The highest BCUT2D eigenvalue weighted by Gasteiger charge is 2.29. The van der Waals surface area contributed by atoms with Gasteiger partial charge in [0.2, 0.25) is 0 Å². The second-order valence-corrected chi connectivity index (χ2v) is 9.26. The van der Waals surface area contributed by atoms with Crippen LogP contribution in [0.2, 0.25) is 0 Å². The van der Waals surface area contributed by atoms with Crippen molar-refractivity contribution in [1.82, 2.24) is 5.32 Å². The summed E-state index contributed by atoms with van der Waals surface area (Å²) in [4.78, 5) is 24.5. The topological polar surface area (TPSA) is 95.9 Å². The summed E-state index contributed by atoms with van der Waals surface area (Å²) in [6.07, 6.45) is -0.639. The van der Waals surface area contributed by atoms with E-state index in [0.717, 1.165) is 44.5 Å². The first-order valence-electron chi connectivity index (χ1n) is 12.1. The van der Waals surface area contributed by atoms with Gasteiger partial charge in [0.05, 0.1) is 0 Å². The Bertz CT molecular complexity index is 1420. The zero-order valence-corrected chi connectivity index (χ0v) is 20.3. The highest BCUT2D eigenvalue weighted by molar-refractivity contribution is 5.81. The number of carbonyl (C=O) groups excluding carboxylic acids is 1. The van der Waals surface area contributed by atoms with Crippen molar-refractivity contribution in [2.75, 3.05) is 6.61 Å². The molecule has 1 aliphatic carbocycles. The fourth-order valence-corrected chi connectivity index (χ4v) is 5.01. The summed E-state index contributed by atoms with van der Waals surface area (Å²) >= 11 is 0. The molecule has 37 heavy (non-hydrogen) atoms. The molecular weight excluding hydrogens is 466 g/mol. The number of rotatable bonds is 7. The number of fused-ring (bicyclic) bond motifs is 3. The van der Waals surface area contributed by atoms with Crippen molar-refractivity contribution in [3.05, 3.63) is 113 Å². The summed E-state index contributed by atoms with van der Waals surface area (Å²) in [7, 11) is 0. The van der Waals surface area contributed by atoms with Crippen LogP contribution in [0.5, 0.6) is 5.75 Å². The maximum atomic E-state index is 12.6. The average Bonchev–Trinajstić information content (AvgIpc) is 3.21. The predicted molar refractivity (Wildman–Crippen MR) is 142 cm³/mol. The number of alkyl carbamates (subject to hydrolysis) is 1. The number of amides is 1. The molecule has 0 bridgehead atoms. The number of hydrogen-bond donors (Lipinski definition) is 3. The van der Waals surface area contributed by atoms with Crippen LogP contribution in [-0.4, -0.2) is 34.9 Å². The van der Waals surface area contributed by atoms with Gasteiger partial charge in [-0.25, -0.2) is 9.59 Å². The SMILES string of the molecule is Cc1cc(O)ccc1-c1ccc(C[C@H](NC(=O)OCC2c3ccccc3-c3ccccc32)C(=O)O)cc1. The molecule has 1 atom stereocenters. The maximum Gasteiger partial charge on any atom is 0.407 e. The van der Waals surface area contributed by atoms with Crippen molar-refractivity contribution in [2.24, 2.45) is 0 Å². The molecule has 3 N–H and O–H groups in total. The van der Waals surface area contributed by atoms with Gasteiger partial charge in [0.1, 0.15) is 18.4 Å². The number of carboxylic acid groups (broad SMARTS) is 1. The minimum absolute atomic E-state index is 0.0997. The van der Waals surface area contributed by atoms with Gasteiger partial charge in [-0.15, -0.1) is 0 Å². The summed E-state index contributed by atoms with van der Waals surface area (Å²) < 4.78 is 5.52. The number of phenolic OH excluding ortho intramolecular Hbond substituents is 1. The van der Waals surface area contributed by atoms with Gasteiger partial charge in [0.15, 0.2) is 0 Å². The third kappa shape index (κ3) is 5.05. The molecule has 0 saturated heterocycles. The lowest BCUT2D eigenvalue weighted by molar-refractivity contribution is -0.139. The zero-order valence-electron chi connectivity index (χ0n) is 20.3. The molecule has 4 aromatic carbocycles. The van der Waals surface area contributed by atoms with Crippen molar-refractivity contribution in [1.29, 1.82) is 0 Å². The number of aromatic hydroxyl groups is 1. The van der Waals surface area contributed by atoms with E-state index in [2.05, 4.69) is 17.4 Å². The van der Waals surface area contributed by atoms with Crippen molar-refractivity contribution < 1.29 is 24.5 Å². The number of carbonyl (C=O) groups is 2. The Morgan fingerprint density at radius 3 is 2.08 bits per heavy atom. The summed E-state index contributed by atoms with van der Waals surface area (Å²) in [5.41, 5.74) is 8.08. The first-order chi connectivity index (χ1) is 17.9. The van der Waals surface area contributed by atoms with E-state index in [1.54, 1.807) is 12.1 Å². The lowest BCUT2D eigenvalue weighted by atomic mass is 9.97. The van der Waals surface area contributed by atoms with Gasteiger partial charge in [0, 0.05) is 12.3 Å². The van der Waals surface area contributed by atoms with E-state index in [0.29, 0.717) is 0 Å². The number of nitrogens with one attached hydrogen (secondary N) is 1. The molecule has 0 saturated carbocycles. The smallest absolute Gasteiger partial charge is 0.407 e. The van der Waals surface area contributed by atoms with Gasteiger partial charge in [-0.2, -0.15) is 0 Å². The van der Waals surface area contributed by atoms with Crippen LogP contribution in [0.4, 0.5) is 4.79 Å². The number of ether oxygens (including phenoxy) is 1. The normalized spacial score (nSPS) is 12.9. The molecule has 0 unspecified atom stereocenters. The van der Waals surface area contributed by atoms with Crippen LogP contribution in [0.25, 0.3) is 22.3 Å². The lowest BCUT2D eigenvalue weighted by Crippen LogP contribution is -2.42. The van der Waals surface area contributed by atoms with Crippen molar-refractivity contribution >= 4 is 12.1 Å². The molecular formula is C31H27NO5. The average molecular weight is 494 g/mol. The number of aryl methyl sites for hydroxylation is 1. The number of benzene rings is 4. The van der Waals surface area contributed by atoms with E-state index in [1.807, 2.05) is 73.7 Å². The number of carboxylic acids is 1. The second kappa shape index (κ2) is 10.2. The minimum atomic E-state index is -1.13. The number of aliphatic carboxylic acids is 1. The first kappa shape index (κ1) is 24.1. The highest BCUT2D eigenvalue weighted by Crippen LogP contribution is 2.44. The molecule has 6 nitrogen and oxygen atoms in total. The third-order valence-electron chi connectivity index (χ3n) is 6.85. The zero-order chi connectivity index (χ0) is 25.9. The molecule has 6 heteroatoms. The second-order valence-electron chi connectivity index (χ2n) is 9.26. The van der Waals surface area contributed by atoms with Crippen LogP contribution in [0.15, 0.2) is 91.0 Å². The van der Waals surface area contributed by atoms with Gasteiger partial charge in [0.25, 0.3) is 0 Å². The molecule has 1 aliphatic rings. The molecule has 0 aliphatic heterocycles.